The number of aromatic nitrogens is 1. The lowest BCUT2D eigenvalue weighted by Crippen LogP contribution is -3.14. The summed E-state index contributed by atoms with van der Waals surface area (Å²) in [5.74, 6) is 1.38. The SMILES string of the molecule is Cc1c(C#N)c(NC(=O)C[NH+]2CCC(C)CC2)n(Cc2ccccc2)c1C. The third-order valence-corrected chi connectivity index (χ3v) is 5.77. The highest BCUT2D eigenvalue weighted by Gasteiger charge is 2.24. The molecule has 0 saturated carbocycles. The molecule has 2 heterocycles. The molecule has 1 aliphatic rings. The number of anilines is 1. The third kappa shape index (κ3) is 4.40. The third-order valence-electron chi connectivity index (χ3n) is 5.77. The number of nitrogens with zero attached hydrogens (tertiary/aromatic N) is 2. The van der Waals surface area contributed by atoms with Gasteiger partial charge in [-0.15, -0.1) is 0 Å². The van der Waals surface area contributed by atoms with E-state index in [4.69, 9.17) is 0 Å². The summed E-state index contributed by atoms with van der Waals surface area (Å²) in [4.78, 5) is 14.0. The van der Waals surface area contributed by atoms with Crippen molar-refractivity contribution in [1.29, 1.82) is 5.26 Å². The minimum absolute atomic E-state index is 0.0112. The van der Waals surface area contributed by atoms with E-state index in [0.29, 0.717) is 24.5 Å². The van der Waals surface area contributed by atoms with Crippen molar-refractivity contribution in [2.24, 2.45) is 5.92 Å². The van der Waals surface area contributed by atoms with E-state index in [9.17, 15) is 10.1 Å². The molecule has 5 heteroatoms. The van der Waals surface area contributed by atoms with Crippen LogP contribution in [0.2, 0.25) is 0 Å². The lowest BCUT2D eigenvalue weighted by atomic mass is 9.99. The maximum absolute atomic E-state index is 12.7. The predicted molar refractivity (Wildman–Crippen MR) is 107 cm³/mol. The van der Waals surface area contributed by atoms with Gasteiger partial charge < -0.3 is 14.8 Å². The second kappa shape index (κ2) is 8.41. The number of quaternary nitrogens is 1. The highest BCUT2D eigenvalue weighted by atomic mass is 16.2. The Bertz CT molecular complexity index is 839. The van der Waals surface area contributed by atoms with Crippen molar-refractivity contribution in [1.82, 2.24) is 4.57 Å². The molecule has 3 rings (SSSR count). The highest BCUT2D eigenvalue weighted by molar-refractivity contribution is 5.92. The minimum Gasteiger partial charge on any atom is -0.327 e. The zero-order valence-corrected chi connectivity index (χ0v) is 16.5. The number of piperidine rings is 1. The number of rotatable bonds is 5. The van der Waals surface area contributed by atoms with Crippen molar-refractivity contribution >= 4 is 11.7 Å². The summed E-state index contributed by atoms with van der Waals surface area (Å²) in [5, 5.41) is 12.7. The number of carbonyl (C=O) groups excluding carboxylic acids is 1. The monoisotopic (exact) mass is 365 g/mol. The summed E-state index contributed by atoms with van der Waals surface area (Å²) in [6, 6.07) is 12.4. The lowest BCUT2D eigenvalue weighted by Gasteiger charge is -2.26. The van der Waals surface area contributed by atoms with Crippen LogP contribution in [0.3, 0.4) is 0 Å². The van der Waals surface area contributed by atoms with Crippen molar-refractivity contribution in [2.45, 2.75) is 40.2 Å². The van der Waals surface area contributed by atoms with Crippen LogP contribution in [0.15, 0.2) is 30.3 Å². The molecule has 2 N–H and O–H groups in total. The van der Waals surface area contributed by atoms with Gasteiger partial charge in [-0.25, -0.2) is 0 Å². The molecule has 0 radical (unpaired) electrons. The van der Waals surface area contributed by atoms with E-state index in [-0.39, 0.29) is 5.91 Å². The maximum Gasteiger partial charge on any atom is 0.280 e. The van der Waals surface area contributed by atoms with Crippen LogP contribution in [-0.4, -0.2) is 30.1 Å². The number of carbonyl (C=O) groups is 1. The quantitative estimate of drug-likeness (QED) is 0.854. The summed E-state index contributed by atoms with van der Waals surface area (Å²) in [6.07, 6.45) is 2.35. The molecule has 0 spiro atoms. The molecular weight excluding hydrogens is 336 g/mol. The highest BCUT2D eigenvalue weighted by Crippen LogP contribution is 2.27. The lowest BCUT2D eigenvalue weighted by molar-refractivity contribution is -0.897. The Morgan fingerprint density at radius 1 is 1.26 bits per heavy atom. The first-order valence-electron chi connectivity index (χ1n) is 9.76. The van der Waals surface area contributed by atoms with Gasteiger partial charge in [-0.2, -0.15) is 5.26 Å². The molecule has 5 nitrogen and oxygen atoms in total. The average Bonchev–Trinajstić information content (AvgIpc) is 2.88. The first-order valence-corrected chi connectivity index (χ1v) is 9.76. The van der Waals surface area contributed by atoms with Gasteiger partial charge in [0.25, 0.3) is 5.91 Å². The smallest absolute Gasteiger partial charge is 0.280 e. The Morgan fingerprint density at radius 2 is 1.93 bits per heavy atom. The molecule has 1 aromatic heterocycles. The van der Waals surface area contributed by atoms with Crippen molar-refractivity contribution < 1.29 is 9.69 Å². The Morgan fingerprint density at radius 3 is 2.56 bits per heavy atom. The molecule has 0 unspecified atom stereocenters. The second-order valence-corrected chi connectivity index (χ2v) is 7.78. The van der Waals surface area contributed by atoms with Crippen LogP contribution in [0.5, 0.6) is 0 Å². The van der Waals surface area contributed by atoms with Crippen LogP contribution in [0.4, 0.5) is 5.82 Å². The van der Waals surface area contributed by atoms with E-state index in [0.717, 1.165) is 35.8 Å². The van der Waals surface area contributed by atoms with Gasteiger partial charge in [0.05, 0.1) is 18.7 Å². The first-order chi connectivity index (χ1) is 13.0. The number of nitrogens with one attached hydrogen (secondary N) is 2. The van der Waals surface area contributed by atoms with Gasteiger partial charge in [0.1, 0.15) is 11.9 Å². The van der Waals surface area contributed by atoms with Gasteiger partial charge >= 0.3 is 0 Å². The van der Waals surface area contributed by atoms with Crippen molar-refractivity contribution in [2.75, 3.05) is 25.0 Å². The molecule has 1 aliphatic heterocycles. The molecule has 0 aliphatic carbocycles. The summed E-state index contributed by atoms with van der Waals surface area (Å²) >= 11 is 0. The van der Waals surface area contributed by atoms with E-state index < -0.39 is 0 Å². The molecule has 1 aromatic carbocycles. The Kier molecular flexibility index (Phi) is 5.98. The Labute approximate surface area is 161 Å². The fourth-order valence-electron chi connectivity index (χ4n) is 3.84. The van der Waals surface area contributed by atoms with Crippen molar-refractivity contribution in [3.8, 4) is 6.07 Å². The van der Waals surface area contributed by atoms with Gasteiger partial charge in [-0.05, 0) is 43.7 Å². The maximum atomic E-state index is 12.7. The van der Waals surface area contributed by atoms with Crippen LogP contribution in [0.1, 0.15) is 42.1 Å². The van der Waals surface area contributed by atoms with Crippen LogP contribution in [-0.2, 0) is 11.3 Å². The van der Waals surface area contributed by atoms with E-state index in [1.165, 1.54) is 17.7 Å². The van der Waals surface area contributed by atoms with Crippen molar-refractivity contribution in [3.05, 3.63) is 52.7 Å². The molecule has 1 amide bonds. The van der Waals surface area contributed by atoms with Crippen LogP contribution >= 0.6 is 0 Å². The zero-order valence-electron chi connectivity index (χ0n) is 16.5. The van der Waals surface area contributed by atoms with E-state index in [2.05, 4.69) is 35.0 Å². The van der Waals surface area contributed by atoms with Gasteiger partial charge in [0.15, 0.2) is 6.54 Å². The normalized spacial score (nSPS) is 19.5. The summed E-state index contributed by atoms with van der Waals surface area (Å²) in [6.45, 7) is 9.42. The van der Waals surface area contributed by atoms with Crippen LogP contribution < -0.4 is 10.2 Å². The molecule has 1 saturated heterocycles. The van der Waals surface area contributed by atoms with Crippen LogP contribution in [0.25, 0.3) is 0 Å². The fraction of sp³-hybridized carbons (Fsp3) is 0.455. The number of hydrogen-bond donors (Lipinski definition) is 2. The summed E-state index contributed by atoms with van der Waals surface area (Å²) < 4.78 is 2.05. The van der Waals surface area contributed by atoms with Crippen molar-refractivity contribution in [3.63, 3.8) is 0 Å². The summed E-state index contributed by atoms with van der Waals surface area (Å²) in [7, 11) is 0. The number of nitriles is 1. The topological polar surface area (TPSA) is 62.3 Å². The van der Waals surface area contributed by atoms with E-state index in [1.807, 2.05) is 32.0 Å². The molecule has 142 valence electrons. The average molecular weight is 366 g/mol. The van der Waals surface area contributed by atoms with Crippen LogP contribution in [0, 0.1) is 31.1 Å². The van der Waals surface area contributed by atoms with Gasteiger partial charge in [0, 0.05) is 12.2 Å². The number of likely N-dealkylation sites (tertiary alicyclic amines) is 1. The second-order valence-electron chi connectivity index (χ2n) is 7.78. The fourth-order valence-corrected chi connectivity index (χ4v) is 3.84. The largest absolute Gasteiger partial charge is 0.327 e. The number of amides is 1. The van der Waals surface area contributed by atoms with Gasteiger partial charge in [-0.1, -0.05) is 37.3 Å². The number of hydrogen-bond acceptors (Lipinski definition) is 2. The first kappa shape index (κ1) is 19.2. The summed E-state index contributed by atoms with van der Waals surface area (Å²) in [5.41, 5.74) is 3.66. The molecule has 0 atom stereocenters. The minimum atomic E-state index is -0.0112. The molecule has 2 aromatic rings. The molecular formula is C22H29N4O+. The van der Waals surface area contributed by atoms with Gasteiger partial charge in [0.2, 0.25) is 0 Å². The van der Waals surface area contributed by atoms with E-state index in [1.54, 1.807) is 0 Å². The molecule has 27 heavy (non-hydrogen) atoms. The predicted octanol–water partition coefficient (Wildman–Crippen LogP) is 2.28. The molecule has 1 fully saturated rings. The standard InChI is InChI=1S/C22H28N4O/c1-16-9-11-25(12-10-16)15-21(27)24-22-20(13-23)17(2)18(3)26(22)14-19-7-5-4-6-8-19/h4-8,16H,9-12,14-15H2,1-3H3,(H,24,27)/p+1. The Hall–Kier alpha value is -2.58. The van der Waals surface area contributed by atoms with Gasteiger partial charge in [-0.3, -0.25) is 4.79 Å². The zero-order chi connectivity index (χ0) is 19.4. The number of benzene rings is 1. The van der Waals surface area contributed by atoms with E-state index >= 15 is 0 Å². The molecule has 0 bridgehead atoms. The Balaban J connectivity index is 1.80.